The van der Waals surface area contributed by atoms with E-state index in [1.54, 1.807) is 0 Å². The first-order chi connectivity index (χ1) is 16.6. The highest BCUT2D eigenvalue weighted by Crippen LogP contribution is 2.27. The van der Waals surface area contributed by atoms with Crippen molar-refractivity contribution in [2.45, 2.75) is 45.5 Å². The summed E-state index contributed by atoms with van der Waals surface area (Å²) in [5, 5.41) is 13.6. The minimum absolute atomic E-state index is 0.357. The number of ether oxygens (including phenoxy) is 1. The van der Waals surface area contributed by atoms with E-state index in [1.165, 1.54) is 0 Å². The summed E-state index contributed by atoms with van der Waals surface area (Å²) in [4.78, 5) is 2.39. The lowest BCUT2D eigenvalue weighted by atomic mass is 9.96. The van der Waals surface area contributed by atoms with Crippen LogP contribution >= 0.6 is 12.2 Å². The van der Waals surface area contributed by atoms with E-state index in [1.807, 2.05) is 57.9 Å². The zero-order chi connectivity index (χ0) is 23.5. The van der Waals surface area contributed by atoms with Crippen LogP contribution in [0.4, 0.5) is 0 Å². The van der Waals surface area contributed by atoms with E-state index in [0.29, 0.717) is 30.5 Å². The van der Waals surface area contributed by atoms with Crippen LogP contribution in [0.2, 0.25) is 0 Å². The first kappa shape index (κ1) is 22.5. The maximum atomic E-state index is 6.00. The van der Waals surface area contributed by atoms with Crippen molar-refractivity contribution in [2.24, 2.45) is 0 Å². The largest absolute Gasteiger partial charge is 0.486 e. The summed E-state index contributed by atoms with van der Waals surface area (Å²) >= 11 is 5.75. The zero-order valence-corrected chi connectivity index (χ0v) is 20.2. The highest BCUT2D eigenvalue weighted by atomic mass is 32.1. The molecule has 5 rings (SSSR count). The quantitative estimate of drug-likeness (QED) is 0.279. The summed E-state index contributed by atoms with van der Waals surface area (Å²) in [6.07, 6.45) is 5.94. The molecule has 1 saturated heterocycles. The summed E-state index contributed by atoms with van der Waals surface area (Å²) in [6, 6.07) is 14.0. The number of nitrogens with zero attached hydrogens (tertiary/aromatic N) is 7. The van der Waals surface area contributed by atoms with Crippen LogP contribution in [-0.4, -0.2) is 46.9 Å². The number of aromatic nitrogens is 6. The molecule has 4 heterocycles. The second-order valence-corrected chi connectivity index (χ2v) is 9.09. The van der Waals surface area contributed by atoms with Crippen LogP contribution in [0.25, 0.3) is 5.65 Å². The van der Waals surface area contributed by atoms with Crippen molar-refractivity contribution in [3.8, 4) is 5.75 Å². The molecule has 1 aliphatic heterocycles. The number of rotatable bonds is 8. The second-order valence-electron chi connectivity index (χ2n) is 8.72. The normalized spacial score (nSPS) is 15.1. The van der Waals surface area contributed by atoms with Gasteiger partial charge in [-0.25, -0.2) is 4.68 Å². The molecule has 8 nitrogen and oxygen atoms in total. The van der Waals surface area contributed by atoms with Gasteiger partial charge in [0.25, 0.3) is 0 Å². The Morgan fingerprint density at radius 3 is 2.79 bits per heavy atom. The van der Waals surface area contributed by atoms with Crippen molar-refractivity contribution < 1.29 is 4.74 Å². The van der Waals surface area contributed by atoms with E-state index >= 15 is 0 Å². The van der Waals surface area contributed by atoms with Crippen LogP contribution in [0.5, 0.6) is 5.75 Å². The minimum Gasteiger partial charge on any atom is -0.486 e. The molecule has 0 unspecified atom stereocenters. The van der Waals surface area contributed by atoms with Crippen LogP contribution in [0.3, 0.4) is 0 Å². The van der Waals surface area contributed by atoms with Gasteiger partial charge < -0.3 is 4.74 Å². The number of fused-ring (bicyclic) bond motifs is 1. The predicted octanol–water partition coefficient (Wildman–Crippen LogP) is 4.37. The van der Waals surface area contributed by atoms with Crippen LogP contribution in [0.15, 0.2) is 61.3 Å². The molecule has 0 amide bonds. The van der Waals surface area contributed by atoms with Gasteiger partial charge in [-0.15, -0.1) is 16.8 Å². The second kappa shape index (κ2) is 9.90. The Labute approximate surface area is 204 Å². The molecule has 3 aromatic heterocycles. The third kappa shape index (κ3) is 4.67. The van der Waals surface area contributed by atoms with Crippen molar-refractivity contribution in [1.29, 1.82) is 0 Å². The molecule has 0 aliphatic carbocycles. The minimum atomic E-state index is 0.357. The SMILES string of the molecule is C=CCn1c(COc2cccc(C)c2)nn(CN2CCC(c3nnc4ccccn34)CC2)c1=S. The van der Waals surface area contributed by atoms with Gasteiger partial charge in [-0.3, -0.25) is 13.9 Å². The van der Waals surface area contributed by atoms with Crippen molar-refractivity contribution in [2.75, 3.05) is 13.1 Å². The molecular weight excluding hydrogens is 446 g/mol. The average molecular weight is 476 g/mol. The zero-order valence-electron chi connectivity index (χ0n) is 19.4. The molecule has 4 aromatic rings. The van der Waals surface area contributed by atoms with E-state index in [-0.39, 0.29) is 0 Å². The fraction of sp³-hybridized carbons (Fsp3) is 0.360. The van der Waals surface area contributed by atoms with Gasteiger partial charge in [-0.1, -0.05) is 24.3 Å². The number of piperidine rings is 1. The summed E-state index contributed by atoms with van der Waals surface area (Å²) in [5.41, 5.74) is 2.06. The Hall–Kier alpha value is -3.30. The van der Waals surface area contributed by atoms with Gasteiger partial charge in [0.1, 0.15) is 18.2 Å². The molecule has 0 bridgehead atoms. The first-order valence-corrected chi connectivity index (χ1v) is 12.0. The van der Waals surface area contributed by atoms with E-state index in [4.69, 9.17) is 22.1 Å². The Balaban J connectivity index is 1.26. The van der Waals surface area contributed by atoms with E-state index < -0.39 is 0 Å². The number of aryl methyl sites for hydroxylation is 1. The molecule has 0 radical (unpaired) electrons. The maximum Gasteiger partial charge on any atom is 0.199 e. The molecule has 176 valence electrons. The molecule has 0 saturated carbocycles. The predicted molar refractivity (Wildman–Crippen MR) is 133 cm³/mol. The lowest BCUT2D eigenvalue weighted by Crippen LogP contribution is -2.35. The fourth-order valence-electron chi connectivity index (χ4n) is 4.51. The van der Waals surface area contributed by atoms with Crippen LogP contribution in [0, 0.1) is 11.7 Å². The molecule has 9 heteroatoms. The molecule has 1 aromatic carbocycles. The molecular formula is C25H29N7OS. The number of allylic oxidation sites excluding steroid dienone is 1. The molecule has 0 N–H and O–H groups in total. The van der Waals surface area contributed by atoms with Gasteiger partial charge in [0.2, 0.25) is 0 Å². The van der Waals surface area contributed by atoms with Crippen LogP contribution in [0.1, 0.15) is 36.0 Å². The summed E-state index contributed by atoms with van der Waals surface area (Å²) in [6.45, 7) is 9.46. The fourth-order valence-corrected chi connectivity index (χ4v) is 4.79. The first-order valence-electron chi connectivity index (χ1n) is 11.6. The number of hydrogen-bond donors (Lipinski definition) is 0. The van der Waals surface area contributed by atoms with Crippen molar-refractivity contribution in [3.05, 3.63) is 83.3 Å². The van der Waals surface area contributed by atoms with Crippen molar-refractivity contribution >= 4 is 17.9 Å². The van der Waals surface area contributed by atoms with Gasteiger partial charge in [0.15, 0.2) is 16.2 Å². The van der Waals surface area contributed by atoms with Crippen molar-refractivity contribution in [3.63, 3.8) is 0 Å². The van der Waals surface area contributed by atoms with Crippen molar-refractivity contribution in [1.82, 2.24) is 33.8 Å². The summed E-state index contributed by atoms with van der Waals surface area (Å²) in [7, 11) is 0. The van der Waals surface area contributed by atoms with E-state index in [2.05, 4.69) is 39.1 Å². The third-order valence-corrected chi connectivity index (χ3v) is 6.73. The molecule has 1 aliphatic rings. The number of likely N-dealkylation sites (tertiary alicyclic amines) is 1. The summed E-state index contributed by atoms with van der Waals surface area (Å²) in [5.74, 6) is 3.08. The van der Waals surface area contributed by atoms with E-state index in [0.717, 1.165) is 54.5 Å². The molecule has 0 atom stereocenters. The molecule has 34 heavy (non-hydrogen) atoms. The number of hydrogen-bond acceptors (Lipinski definition) is 6. The Bertz CT molecular complexity index is 1350. The van der Waals surface area contributed by atoms with Gasteiger partial charge in [0, 0.05) is 31.7 Å². The Morgan fingerprint density at radius 2 is 2.00 bits per heavy atom. The summed E-state index contributed by atoms with van der Waals surface area (Å²) < 4.78 is 12.7. The van der Waals surface area contributed by atoms with Crippen LogP contribution < -0.4 is 4.74 Å². The third-order valence-electron chi connectivity index (χ3n) is 6.30. The lowest BCUT2D eigenvalue weighted by molar-refractivity contribution is 0.157. The van der Waals surface area contributed by atoms with Gasteiger partial charge in [-0.05, 0) is 61.8 Å². The maximum absolute atomic E-state index is 6.00. The Morgan fingerprint density at radius 1 is 1.15 bits per heavy atom. The molecule has 1 fully saturated rings. The highest BCUT2D eigenvalue weighted by molar-refractivity contribution is 7.71. The number of pyridine rings is 1. The van der Waals surface area contributed by atoms with Gasteiger partial charge in [-0.2, -0.15) is 5.10 Å². The van der Waals surface area contributed by atoms with Gasteiger partial charge >= 0.3 is 0 Å². The topological polar surface area (TPSA) is 65.4 Å². The van der Waals surface area contributed by atoms with Gasteiger partial charge in [0.05, 0.1) is 6.67 Å². The highest BCUT2D eigenvalue weighted by Gasteiger charge is 2.25. The average Bonchev–Trinajstić information content (AvgIpc) is 3.41. The van der Waals surface area contributed by atoms with Crippen LogP contribution in [-0.2, 0) is 19.8 Å². The monoisotopic (exact) mass is 475 g/mol. The Kier molecular flexibility index (Phi) is 6.55. The standard InChI is InChI=1S/C25H29N7OS/c1-3-12-31-23(17-33-21-8-6-7-19(2)16-21)28-32(25(31)34)18-29-14-10-20(11-15-29)24-27-26-22-9-4-5-13-30(22)24/h3-9,13,16,20H,1,10-12,14-15,17-18H2,2H3. The number of benzene rings is 1. The smallest absolute Gasteiger partial charge is 0.199 e. The molecule has 0 spiro atoms. The van der Waals surface area contributed by atoms with E-state index in [9.17, 15) is 0 Å². The lowest BCUT2D eigenvalue weighted by Gasteiger charge is -2.30.